The first-order chi connectivity index (χ1) is 8.95. The molecule has 0 bridgehead atoms. The number of benzene rings is 1. The molecule has 1 fully saturated rings. The van der Waals surface area contributed by atoms with Gasteiger partial charge in [-0.15, -0.1) is 0 Å². The number of nitrogens with one attached hydrogen (secondary N) is 1. The number of carbonyl (C=O) groups is 1. The lowest BCUT2D eigenvalue weighted by atomic mass is 10.3. The van der Waals surface area contributed by atoms with E-state index in [1.165, 1.54) is 0 Å². The standard InChI is InChI=1S/C12H16ClN3O3/c13-8-2-1-7(14)3-9(8)15-12(19)6-16-4-10(17)11(18)5-16/h1-3,10-11,17-18H,4-6,14H2,(H,15,19). The number of nitrogen functional groups attached to an aromatic ring is 1. The molecule has 19 heavy (non-hydrogen) atoms. The van der Waals surface area contributed by atoms with Crippen LogP contribution in [0.3, 0.4) is 0 Å². The smallest absolute Gasteiger partial charge is 0.238 e. The third-order valence-corrected chi connectivity index (χ3v) is 3.30. The Labute approximate surface area is 115 Å². The Morgan fingerprint density at radius 3 is 2.68 bits per heavy atom. The maximum atomic E-state index is 11.8. The zero-order chi connectivity index (χ0) is 14.0. The lowest BCUT2D eigenvalue weighted by Crippen LogP contribution is -2.32. The average molecular weight is 286 g/mol. The van der Waals surface area contributed by atoms with Gasteiger partial charge in [0.05, 0.1) is 29.5 Å². The number of anilines is 2. The van der Waals surface area contributed by atoms with Gasteiger partial charge in [0.25, 0.3) is 0 Å². The van der Waals surface area contributed by atoms with Crippen LogP contribution < -0.4 is 11.1 Å². The highest BCUT2D eigenvalue weighted by atomic mass is 35.5. The van der Waals surface area contributed by atoms with Crippen LogP contribution in [0.4, 0.5) is 11.4 Å². The van der Waals surface area contributed by atoms with Gasteiger partial charge in [-0.2, -0.15) is 0 Å². The molecule has 104 valence electrons. The Hall–Kier alpha value is -1.34. The Kier molecular flexibility index (Phi) is 4.26. The Morgan fingerprint density at radius 2 is 2.05 bits per heavy atom. The van der Waals surface area contributed by atoms with E-state index in [4.69, 9.17) is 17.3 Å². The van der Waals surface area contributed by atoms with Crippen molar-refractivity contribution in [2.24, 2.45) is 0 Å². The summed E-state index contributed by atoms with van der Waals surface area (Å²) in [6.07, 6.45) is -1.60. The largest absolute Gasteiger partial charge is 0.399 e. The number of nitrogens with two attached hydrogens (primary N) is 1. The third-order valence-electron chi connectivity index (χ3n) is 2.97. The van der Waals surface area contributed by atoms with Crippen LogP contribution in [-0.2, 0) is 4.79 Å². The topological polar surface area (TPSA) is 98.8 Å². The van der Waals surface area contributed by atoms with E-state index in [9.17, 15) is 15.0 Å². The van der Waals surface area contributed by atoms with E-state index in [0.29, 0.717) is 16.4 Å². The summed E-state index contributed by atoms with van der Waals surface area (Å²) < 4.78 is 0. The number of β-amino-alcohol motifs (C(OH)–C–C–N with tert-alkyl or cyclic N) is 2. The fourth-order valence-electron chi connectivity index (χ4n) is 2.01. The molecule has 0 saturated carbocycles. The predicted octanol–water partition coefficient (Wildman–Crippen LogP) is -0.102. The molecule has 0 aliphatic carbocycles. The van der Waals surface area contributed by atoms with Gasteiger partial charge in [0.15, 0.2) is 0 Å². The van der Waals surface area contributed by atoms with E-state index in [1.807, 2.05) is 0 Å². The zero-order valence-corrected chi connectivity index (χ0v) is 11.0. The van der Waals surface area contributed by atoms with Crippen molar-refractivity contribution < 1.29 is 15.0 Å². The van der Waals surface area contributed by atoms with Gasteiger partial charge in [-0.3, -0.25) is 9.69 Å². The highest BCUT2D eigenvalue weighted by Gasteiger charge is 2.30. The predicted molar refractivity (Wildman–Crippen MR) is 72.9 cm³/mol. The van der Waals surface area contributed by atoms with Crippen molar-refractivity contribution in [3.63, 3.8) is 0 Å². The second-order valence-corrected chi connectivity index (χ2v) is 5.02. The maximum Gasteiger partial charge on any atom is 0.238 e. The quantitative estimate of drug-likeness (QED) is 0.581. The molecular formula is C12H16ClN3O3. The molecule has 7 heteroatoms. The molecule has 1 saturated heterocycles. The highest BCUT2D eigenvalue weighted by molar-refractivity contribution is 6.33. The van der Waals surface area contributed by atoms with Gasteiger partial charge in [0.1, 0.15) is 0 Å². The monoisotopic (exact) mass is 285 g/mol. The van der Waals surface area contributed by atoms with E-state index in [-0.39, 0.29) is 25.5 Å². The van der Waals surface area contributed by atoms with Crippen molar-refractivity contribution in [1.82, 2.24) is 4.90 Å². The lowest BCUT2D eigenvalue weighted by molar-refractivity contribution is -0.117. The van der Waals surface area contributed by atoms with Crippen LogP contribution in [0.1, 0.15) is 0 Å². The minimum Gasteiger partial charge on any atom is -0.399 e. The molecule has 1 aliphatic heterocycles. The number of carbonyl (C=O) groups excluding carboxylic acids is 1. The number of likely N-dealkylation sites (tertiary alicyclic amines) is 1. The van der Waals surface area contributed by atoms with E-state index in [2.05, 4.69) is 5.32 Å². The summed E-state index contributed by atoms with van der Waals surface area (Å²) in [5, 5.41) is 21.8. The number of nitrogens with zero attached hydrogens (tertiary/aromatic N) is 1. The first-order valence-corrected chi connectivity index (χ1v) is 6.27. The summed E-state index contributed by atoms with van der Waals surface area (Å²) in [6.45, 7) is 0.637. The Balaban J connectivity index is 1.93. The molecule has 0 radical (unpaired) electrons. The SMILES string of the molecule is Nc1ccc(Cl)c(NC(=O)CN2CC(O)C(O)C2)c1. The van der Waals surface area contributed by atoms with E-state index in [1.54, 1.807) is 23.1 Å². The summed E-state index contributed by atoms with van der Waals surface area (Å²) in [5.41, 5.74) is 6.57. The Bertz CT molecular complexity index is 473. The average Bonchev–Trinajstić information content (AvgIpc) is 2.63. The molecule has 0 aromatic heterocycles. The van der Waals surface area contributed by atoms with Crippen molar-refractivity contribution in [2.75, 3.05) is 30.7 Å². The van der Waals surface area contributed by atoms with Crippen LogP contribution in [-0.4, -0.2) is 52.9 Å². The summed E-state index contributed by atoms with van der Waals surface area (Å²) in [6, 6.07) is 4.83. The molecule has 1 heterocycles. The number of aliphatic hydroxyl groups is 2. The molecule has 2 rings (SSSR count). The lowest BCUT2D eigenvalue weighted by Gasteiger charge is -2.15. The zero-order valence-electron chi connectivity index (χ0n) is 10.2. The van der Waals surface area contributed by atoms with Gasteiger partial charge in [0.2, 0.25) is 5.91 Å². The molecule has 2 unspecified atom stereocenters. The third kappa shape index (κ3) is 3.57. The Morgan fingerprint density at radius 1 is 1.42 bits per heavy atom. The number of hydrogen-bond acceptors (Lipinski definition) is 5. The molecule has 1 aromatic rings. The van der Waals surface area contributed by atoms with Crippen molar-refractivity contribution >= 4 is 28.9 Å². The molecular weight excluding hydrogens is 270 g/mol. The summed E-state index contributed by atoms with van der Waals surface area (Å²) in [5.74, 6) is -0.270. The van der Waals surface area contributed by atoms with Crippen molar-refractivity contribution in [3.8, 4) is 0 Å². The molecule has 2 atom stereocenters. The van der Waals surface area contributed by atoms with Crippen molar-refractivity contribution in [3.05, 3.63) is 23.2 Å². The van der Waals surface area contributed by atoms with E-state index < -0.39 is 12.2 Å². The molecule has 1 aliphatic rings. The van der Waals surface area contributed by atoms with Gasteiger partial charge < -0.3 is 21.3 Å². The van der Waals surface area contributed by atoms with Crippen LogP contribution in [0.15, 0.2) is 18.2 Å². The molecule has 1 amide bonds. The van der Waals surface area contributed by atoms with Gasteiger partial charge in [0, 0.05) is 18.8 Å². The summed E-state index contributed by atoms with van der Waals surface area (Å²) in [7, 11) is 0. The summed E-state index contributed by atoms with van der Waals surface area (Å²) in [4.78, 5) is 13.5. The second-order valence-electron chi connectivity index (χ2n) is 4.62. The fraction of sp³-hybridized carbons (Fsp3) is 0.417. The minimum absolute atomic E-state index is 0.0826. The van der Waals surface area contributed by atoms with E-state index in [0.717, 1.165) is 0 Å². The van der Waals surface area contributed by atoms with Crippen LogP contribution in [0.25, 0.3) is 0 Å². The van der Waals surface area contributed by atoms with Gasteiger partial charge in [-0.1, -0.05) is 11.6 Å². The van der Waals surface area contributed by atoms with Gasteiger partial charge >= 0.3 is 0 Å². The van der Waals surface area contributed by atoms with E-state index >= 15 is 0 Å². The normalized spacial score (nSPS) is 23.5. The van der Waals surface area contributed by atoms with Crippen molar-refractivity contribution in [2.45, 2.75) is 12.2 Å². The van der Waals surface area contributed by atoms with Crippen LogP contribution in [0.2, 0.25) is 5.02 Å². The molecule has 1 aromatic carbocycles. The first-order valence-electron chi connectivity index (χ1n) is 5.89. The number of halogens is 1. The minimum atomic E-state index is -0.802. The van der Waals surface area contributed by atoms with Gasteiger partial charge in [-0.25, -0.2) is 0 Å². The van der Waals surface area contributed by atoms with Gasteiger partial charge in [-0.05, 0) is 18.2 Å². The second kappa shape index (κ2) is 5.75. The van der Waals surface area contributed by atoms with Crippen LogP contribution >= 0.6 is 11.6 Å². The fourth-order valence-corrected chi connectivity index (χ4v) is 2.17. The van der Waals surface area contributed by atoms with Crippen LogP contribution in [0, 0.1) is 0 Å². The number of hydrogen-bond donors (Lipinski definition) is 4. The molecule has 0 spiro atoms. The maximum absolute atomic E-state index is 11.8. The number of aliphatic hydroxyl groups excluding tert-OH is 2. The number of amides is 1. The number of rotatable bonds is 3. The first kappa shape index (κ1) is 14.1. The van der Waals surface area contributed by atoms with Crippen LogP contribution in [0.5, 0.6) is 0 Å². The highest BCUT2D eigenvalue weighted by Crippen LogP contribution is 2.24. The molecule has 5 N–H and O–H groups in total. The summed E-state index contributed by atoms with van der Waals surface area (Å²) >= 11 is 5.94. The molecule has 6 nitrogen and oxygen atoms in total. The van der Waals surface area contributed by atoms with Crippen molar-refractivity contribution in [1.29, 1.82) is 0 Å².